The van der Waals surface area contributed by atoms with Gasteiger partial charge in [0.05, 0.1) is 10.6 Å². The normalized spacial score (nSPS) is 16.4. The Morgan fingerprint density at radius 2 is 2.11 bits per heavy atom. The van der Waals surface area contributed by atoms with E-state index in [2.05, 4.69) is 21.9 Å². The first-order valence-electron chi connectivity index (χ1n) is 8.95. The third kappa shape index (κ3) is 4.22. The Balaban J connectivity index is 1.94. The molecular formula is C21H22ClFN4O. The Morgan fingerprint density at radius 1 is 1.39 bits per heavy atom. The molecule has 1 aliphatic rings. The number of aliphatic imine (C=N–C) groups is 1. The zero-order valence-corrected chi connectivity index (χ0v) is 16.6. The van der Waals surface area contributed by atoms with Crippen molar-refractivity contribution in [2.75, 3.05) is 5.32 Å². The Hall–Kier alpha value is -2.73. The molecule has 1 aromatic heterocycles. The summed E-state index contributed by atoms with van der Waals surface area (Å²) in [5, 5.41) is 3.18. The Bertz CT molecular complexity index is 953. The highest BCUT2D eigenvalue weighted by Crippen LogP contribution is 2.49. The number of nitrogens with two attached hydrogens (primary N) is 1. The van der Waals surface area contributed by atoms with Crippen molar-refractivity contribution in [2.24, 2.45) is 16.6 Å². The van der Waals surface area contributed by atoms with E-state index in [1.165, 1.54) is 24.4 Å². The van der Waals surface area contributed by atoms with Crippen molar-refractivity contribution in [1.82, 2.24) is 4.98 Å². The number of benzene rings is 1. The molecule has 7 heteroatoms. The average Bonchev–Trinajstić information content (AvgIpc) is 3.49. The number of hydrogen-bond acceptors (Lipinski definition) is 3. The summed E-state index contributed by atoms with van der Waals surface area (Å²) in [6, 6.07) is 7.54. The van der Waals surface area contributed by atoms with Gasteiger partial charge in [-0.1, -0.05) is 18.2 Å². The Labute approximate surface area is 168 Å². The maximum atomic E-state index is 14.7. The van der Waals surface area contributed by atoms with Gasteiger partial charge >= 0.3 is 0 Å². The number of rotatable bonds is 6. The molecule has 1 amide bonds. The van der Waals surface area contributed by atoms with Crippen LogP contribution >= 0.6 is 11.6 Å². The molecule has 0 bridgehead atoms. The first kappa shape index (κ1) is 20.0. The van der Waals surface area contributed by atoms with Crippen LogP contribution in [-0.4, -0.2) is 16.7 Å². The van der Waals surface area contributed by atoms with Gasteiger partial charge in [-0.2, -0.15) is 0 Å². The minimum absolute atomic E-state index is 0.184. The summed E-state index contributed by atoms with van der Waals surface area (Å²) in [5.41, 5.74) is 6.86. The molecule has 1 aliphatic carbocycles. The van der Waals surface area contributed by atoms with E-state index in [0.717, 1.165) is 12.8 Å². The first-order valence-corrected chi connectivity index (χ1v) is 9.32. The SMILES string of the molecule is C=C(C)C(N)=NC(C)(c1cc(NC(=O)c2ccc(Cl)cn2)ccc1F)C1CC1. The largest absolute Gasteiger partial charge is 0.384 e. The van der Waals surface area contributed by atoms with Gasteiger partial charge in [0.2, 0.25) is 0 Å². The molecule has 3 N–H and O–H groups in total. The van der Waals surface area contributed by atoms with Crippen molar-refractivity contribution in [1.29, 1.82) is 0 Å². The molecule has 0 saturated heterocycles. The van der Waals surface area contributed by atoms with Crippen LogP contribution in [0.3, 0.4) is 0 Å². The second-order valence-electron chi connectivity index (χ2n) is 7.21. The lowest BCUT2D eigenvalue weighted by molar-refractivity contribution is 0.102. The summed E-state index contributed by atoms with van der Waals surface area (Å²) in [5.74, 6) is -0.319. The van der Waals surface area contributed by atoms with Crippen molar-refractivity contribution >= 4 is 29.0 Å². The Morgan fingerprint density at radius 3 is 2.68 bits per heavy atom. The van der Waals surface area contributed by atoms with E-state index in [1.54, 1.807) is 19.1 Å². The summed E-state index contributed by atoms with van der Waals surface area (Å²) in [7, 11) is 0. The zero-order valence-electron chi connectivity index (χ0n) is 15.8. The fourth-order valence-electron chi connectivity index (χ4n) is 3.06. The number of anilines is 1. The highest BCUT2D eigenvalue weighted by Gasteiger charge is 2.44. The summed E-state index contributed by atoms with van der Waals surface area (Å²) in [6.07, 6.45) is 3.27. The molecule has 0 aliphatic heterocycles. The maximum Gasteiger partial charge on any atom is 0.274 e. The van der Waals surface area contributed by atoms with Gasteiger partial charge in [-0.05, 0) is 68.5 Å². The number of amidine groups is 1. The van der Waals surface area contributed by atoms with E-state index >= 15 is 0 Å². The molecule has 5 nitrogen and oxygen atoms in total. The lowest BCUT2D eigenvalue weighted by Crippen LogP contribution is -2.28. The molecule has 1 unspecified atom stereocenters. The minimum Gasteiger partial charge on any atom is -0.384 e. The van der Waals surface area contributed by atoms with E-state index in [9.17, 15) is 9.18 Å². The number of carbonyl (C=O) groups is 1. The zero-order chi connectivity index (χ0) is 20.5. The van der Waals surface area contributed by atoms with E-state index in [-0.39, 0.29) is 11.6 Å². The molecule has 0 radical (unpaired) electrons. The van der Waals surface area contributed by atoms with Crippen LogP contribution in [-0.2, 0) is 5.54 Å². The van der Waals surface area contributed by atoms with Crippen LogP contribution in [0.5, 0.6) is 0 Å². The van der Waals surface area contributed by atoms with Crippen LogP contribution in [0.15, 0.2) is 53.7 Å². The van der Waals surface area contributed by atoms with Crippen LogP contribution in [0.2, 0.25) is 5.02 Å². The number of pyridine rings is 1. The van der Waals surface area contributed by atoms with Gasteiger partial charge in [0.15, 0.2) is 0 Å². The third-order valence-electron chi connectivity index (χ3n) is 4.89. The number of carbonyl (C=O) groups excluding carboxylic acids is 1. The molecule has 3 rings (SSSR count). The fourth-order valence-corrected chi connectivity index (χ4v) is 3.17. The van der Waals surface area contributed by atoms with Gasteiger partial charge in [-0.15, -0.1) is 0 Å². The molecule has 0 spiro atoms. The molecule has 28 heavy (non-hydrogen) atoms. The van der Waals surface area contributed by atoms with Crippen LogP contribution in [0.4, 0.5) is 10.1 Å². The molecule has 1 saturated carbocycles. The predicted molar refractivity (Wildman–Crippen MR) is 110 cm³/mol. The van der Waals surface area contributed by atoms with E-state index < -0.39 is 17.3 Å². The number of hydrogen-bond donors (Lipinski definition) is 2. The van der Waals surface area contributed by atoms with Crippen LogP contribution in [0.1, 0.15) is 42.7 Å². The number of aromatic nitrogens is 1. The van der Waals surface area contributed by atoms with Gasteiger partial charge in [0.1, 0.15) is 17.3 Å². The second-order valence-corrected chi connectivity index (χ2v) is 7.65. The summed E-state index contributed by atoms with van der Waals surface area (Å²) in [4.78, 5) is 21.0. The maximum absolute atomic E-state index is 14.7. The number of nitrogens with one attached hydrogen (secondary N) is 1. The monoisotopic (exact) mass is 400 g/mol. The van der Waals surface area contributed by atoms with E-state index in [0.29, 0.717) is 27.7 Å². The average molecular weight is 401 g/mol. The van der Waals surface area contributed by atoms with Crippen molar-refractivity contribution in [3.8, 4) is 0 Å². The van der Waals surface area contributed by atoms with Gasteiger partial charge < -0.3 is 11.1 Å². The molecule has 1 atom stereocenters. The standard InChI is InChI=1S/C21H22ClFN4O/c1-12(2)19(24)27-21(3,13-4-5-13)16-10-15(7-8-17(16)23)26-20(28)18-9-6-14(22)11-25-18/h6-11,13H,1,4-5H2,2-3H3,(H2,24,27)(H,26,28). The molecule has 2 aromatic rings. The van der Waals surface area contributed by atoms with Gasteiger partial charge in [0.25, 0.3) is 5.91 Å². The number of amides is 1. The van der Waals surface area contributed by atoms with Gasteiger partial charge in [-0.25, -0.2) is 9.37 Å². The molecule has 1 fully saturated rings. The van der Waals surface area contributed by atoms with Crippen LogP contribution < -0.4 is 11.1 Å². The summed E-state index contributed by atoms with van der Waals surface area (Å²) >= 11 is 5.80. The lowest BCUT2D eigenvalue weighted by Gasteiger charge is -2.28. The van der Waals surface area contributed by atoms with Crippen molar-refractivity contribution in [2.45, 2.75) is 32.2 Å². The topological polar surface area (TPSA) is 80.4 Å². The summed E-state index contributed by atoms with van der Waals surface area (Å²) in [6.45, 7) is 7.44. The summed E-state index contributed by atoms with van der Waals surface area (Å²) < 4.78 is 14.7. The van der Waals surface area contributed by atoms with Crippen molar-refractivity contribution in [3.05, 3.63) is 70.8 Å². The van der Waals surface area contributed by atoms with E-state index in [4.69, 9.17) is 17.3 Å². The first-order chi connectivity index (χ1) is 13.2. The van der Waals surface area contributed by atoms with Crippen molar-refractivity contribution < 1.29 is 9.18 Å². The third-order valence-corrected chi connectivity index (χ3v) is 5.12. The second kappa shape index (κ2) is 7.72. The predicted octanol–water partition coefficient (Wildman–Crippen LogP) is 4.68. The molecule has 1 heterocycles. The molecular weight excluding hydrogens is 379 g/mol. The lowest BCUT2D eigenvalue weighted by atomic mass is 9.86. The quantitative estimate of drug-likeness (QED) is 0.545. The van der Waals surface area contributed by atoms with Crippen LogP contribution in [0, 0.1) is 11.7 Å². The fraction of sp³-hybridized carbons (Fsp3) is 0.286. The van der Waals surface area contributed by atoms with Crippen molar-refractivity contribution in [3.63, 3.8) is 0 Å². The van der Waals surface area contributed by atoms with E-state index in [1.807, 2.05) is 6.92 Å². The number of nitrogens with zero attached hydrogens (tertiary/aromatic N) is 2. The highest BCUT2D eigenvalue weighted by molar-refractivity contribution is 6.30. The van der Waals surface area contributed by atoms with Gasteiger partial charge in [-0.3, -0.25) is 9.79 Å². The molecule has 1 aromatic carbocycles. The van der Waals surface area contributed by atoms with Gasteiger partial charge in [0, 0.05) is 17.4 Å². The highest BCUT2D eigenvalue weighted by atomic mass is 35.5. The molecule has 146 valence electrons. The number of halogens is 2. The minimum atomic E-state index is -0.827. The smallest absolute Gasteiger partial charge is 0.274 e. The van der Waals surface area contributed by atoms with Crippen LogP contribution in [0.25, 0.3) is 0 Å². The Kier molecular flexibility index (Phi) is 5.52.